The standard InChI is InChI=1S/C25H38N4O2.HI/c1-26-25(28-21-15-17-29(18-21)24(30)20-6-2-3-7-20)27-16-14-19-10-12-23(13-11-19)31-22-8-4-5-9-22;/h10-13,20-22H,2-9,14-18H2,1H3,(H2,26,27,28);1H. The van der Waals surface area contributed by atoms with Crippen molar-refractivity contribution in [2.45, 2.75) is 76.4 Å². The second-order valence-corrected chi connectivity index (χ2v) is 9.31. The van der Waals surface area contributed by atoms with Crippen LogP contribution in [0.25, 0.3) is 0 Å². The largest absolute Gasteiger partial charge is 0.490 e. The molecule has 2 N–H and O–H groups in total. The number of ether oxygens (including phenoxy) is 1. The second-order valence-electron chi connectivity index (χ2n) is 9.31. The van der Waals surface area contributed by atoms with Crippen LogP contribution in [0.4, 0.5) is 0 Å². The molecule has 6 nitrogen and oxygen atoms in total. The Bertz CT molecular complexity index is 743. The first kappa shape index (κ1) is 25.1. The van der Waals surface area contributed by atoms with Crippen molar-refractivity contribution in [2.75, 3.05) is 26.7 Å². The molecule has 0 radical (unpaired) electrons. The van der Waals surface area contributed by atoms with Gasteiger partial charge >= 0.3 is 0 Å². The number of benzene rings is 1. The van der Waals surface area contributed by atoms with E-state index in [-0.39, 0.29) is 35.9 Å². The van der Waals surface area contributed by atoms with E-state index in [0.717, 1.165) is 57.0 Å². The summed E-state index contributed by atoms with van der Waals surface area (Å²) in [4.78, 5) is 19.1. The monoisotopic (exact) mass is 554 g/mol. The van der Waals surface area contributed by atoms with Crippen molar-refractivity contribution in [3.05, 3.63) is 29.8 Å². The van der Waals surface area contributed by atoms with E-state index >= 15 is 0 Å². The molecule has 1 atom stereocenters. The van der Waals surface area contributed by atoms with E-state index in [0.29, 0.717) is 12.0 Å². The fourth-order valence-corrected chi connectivity index (χ4v) is 5.16. The van der Waals surface area contributed by atoms with Gasteiger partial charge < -0.3 is 20.3 Å². The summed E-state index contributed by atoms with van der Waals surface area (Å²) in [7, 11) is 1.81. The summed E-state index contributed by atoms with van der Waals surface area (Å²) in [5, 5.41) is 6.92. The van der Waals surface area contributed by atoms with E-state index in [1.807, 2.05) is 0 Å². The van der Waals surface area contributed by atoms with Crippen molar-refractivity contribution in [1.82, 2.24) is 15.5 Å². The molecule has 2 aliphatic carbocycles. The van der Waals surface area contributed by atoms with Gasteiger partial charge in [0.25, 0.3) is 0 Å². The van der Waals surface area contributed by atoms with E-state index in [9.17, 15) is 4.79 Å². The van der Waals surface area contributed by atoms with Crippen LogP contribution in [0.15, 0.2) is 29.3 Å². The van der Waals surface area contributed by atoms with Gasteiger partial charge in [-0.25, -0.2) is 0 Å². The van der Waals surface area contributed by atoms with Crippen LogP contribution in [0.2, 0.25) is 0 Å². The minimum Gasteiger partial charge on any atom is -0.490 e. The zero-order valence-electron chi connectivity index (χ0n) is 19.4. The van der Waals surface area contributed by atoms with E-state index in [4.69, 9.17) is 4.74 Å². The van der Waals surface area contributed by atoms with Crippen LogP contribution in [0, 0.1) is 5.92 Å². The van der Waals surface area contributed by atoms with Gasteiger partial charge in [-0.15, -0.1) is 24.0 Å². The zero-order valence-corrected chi connectivity index (χ0v) is 21.7. The first-order valence-corrected chi connectivity index (χ1v) is 12.2. The van der Waals surface area contributed by atoms with Gasteiger partial charge in [-0.05, 0) is 69.1 Å². The van der Waals surface area contributed by atoms with Crippen LogP contribution in [-0.4, -0.2) is 55.6 Å². The molecule has 3 aliphatic rings. The molecular weight excluding hydrogens is 515 g/mol. The summed E-state index contributed by atoms with van der Waals surface area (Å²) in [6.45, 7) is 2.47. The second kappa shape index (κ2) is 12.7. The molecule has 1 saturated heterocycles. The molecule has 0 spiro atoms. The van der Waals surface area contributed by atoms with Crippen LogP contribution in [0.1, 0.15) is 63.4 Å². The lowest BCUT2D eigenvalue weighted by Gasteiger charge is -2.21. The normalized spacial score (nSPS) is 22.1. The molecule has 2 saturated carbocycles. The van der Waals surface area contributed by atoms with Gasteiger partial charge in [-0.2, -0.15) is 0 Å². The third kappa shape index (κ3) is 6.99. The summed E-state index contributed by atoms with van der Waals surface area (Å²) < 4.78 is 6.05. The van der Waals surface area contributed by atoms with Crippen LogP contribution in [-0.2, 0) is 11.2 Å². The van der Waals surface area contributed by atoms with Crippen LogP contribution < -0.4 is 15.4 Å². The third-order valence-electron chi connectivity index (χ3n) is 7.00. The summed E-state index contributed by atoms with van der Waals surface area (Å²) in [6.07, 6.45) is 11.8. The Labute approximate surface area is 210 Å². The van der Waals surface area contributed by atoms with Crippen LogP contribution in [0.5, 0.6) is 5.75 Å². The van der Waals surface area contributed by atoms with Gasteiger partial charge in [0.05, 0.1) is 6.10 Å². The number of amides is 1. The van der Waals surface area contributed by atoms with E-state index in [1.54, 1.807) is 7.05 Å². The van der Waals surface area contributed by atoms with Crippen molar-refractivity contribution in [1.29, 1.82) is 0 Å². The number of aliphatic imine (C=N–C) groups is 1. The number of hydrogen-bond acceptors (Lipinski definition) is 3. The van der Waals surface area contributed by atoms with Crippen molar-refractivity contribution in [2.24, 2.45) is 10.9 Å². The highest BCUT2D eigenvalue weighted by Crippen LogP contribution is 2.28. The van der Waals surface area contributed by atoms with Gasteiger partial charge in [-0.3, -0.25) is 9.79 Å². The molecule has 7 heteroatoms. The molecule has 4 rings (SSSR count). The fraction of sp³-hybridized carbons (Fsp3) is 0.680. The minimum absolute atomic E-state index is 0. The number of carbonyl (C=O) groups excluding carboxylic acids is 1. The van der Waals surface area contributed by atoms with Crippen molar-refractivity contribution < 1.29 is 9.53 Å². The predicted molar refractivity (Wildman–Crippen MR) is 140 cm³/mol. The zero-order chi connectivity index (χ0) is 21.5. The van der Waals surface area contributed by atoms with Gasteiger partial charge in [-0.1, -0.05) is 25.0 Å². The van der Waals surface area contributed by atoms with Crippen molar-refractivity contribution in [3.8, 4) is 5.75 Å². The highest BCUT2D eigenvalue weighted by Gasteiger charge is 2.32. The van der Waals surface area contributed by atoms with Gasteiger partial charge in [0.1, 0.15) is 5.75 Å². The number of rotatable bonds is 7. The lowest BCUT2D eigenvalue weighted by molar-refractivity contribution is -0.134. The molecule has 3 fully saturated rings. The molecule has 1 aromatic carbocycles. The maximum Gasteiger partial charge on any atom is 0.225 e. The van der Waals surface area contributed by atoms with Gasteiger partial charge in [0, 0.05) is 38.6 Å². The molecule has 178 valence electrons. The fourth-order valence-electron chi connectivity index (χ4n) is 5.16. The minimum atomic E-state index is 0. The van der Waals surface area contributed by atoms with Gasteiger partial charge in [0.15, 0.2) is 5.96 Å². The number of hydrogen-bond donors (Lipinski definition) is 2. The highest BCUT2D eigenvalue weighted by molar-refractivity contribution is 14.0. The van der Waals surface area contributed by atoms with Crippen molar-refractivity contribution >= 4 is 35.8 Å². The summed E-state index contributed by atoms with van der Waals surface area (Å²) in [6, 6.07) is 8.78. The summed E-state index contributed by atoms with van der Waals surface area (Å²) >= 11 is 0. The Morgan fingerprint density at radius 2 is 1.75 bits per heavy atom. The molecule has 0 bridgehead atoms. The van der Waals surface area contributed by atoms with E-state index in [1.165, 1.54) is 44.1 Å². The maximum absolute atomic E-state index is 12.6. The average Bonchev–Trinajstić information content (AvgIpc) is 3.56. The molecule has 1 aliphatic heterocycles. The molecule has 1 unspecified atom stereocenters. The number of likely N-dealkylation sites (tertiary alicyclic amines) is 1. The third-order valence-corrected chi connectivity index (χ3v) is 7.00. The highest BCUT2D eigenvalue weighted by atomic mass is 127. The molecule has 32 heavy (non-hydrogen) atoms. The first-order chi connectivity index (χ1) is 15.2. The molecule has 0 aromatic heterocycles. The topological polar surface area (TPSA) is 66.0 Å². The lowest BCUT2D eigenvalue weighted by atomic mass is 10.1. The predicted octanol–water partition coefficient (Wildman–Crippen LogP) is 4.12. The smallest absolute Gasteiger partial charge is 0.225 e. The number of carbonyl (C=O) groups is 1. The van der Waals surface area contributed by atoms with E-state index < -0.39 is 0 Å². The molecule has 1 amide bonds. The lowest BCUT2D eigenvalue weighted by Crippen LogP contribution is -2.45. The Morgan fingerprint density at radius 1 is 1.06 bits per heavy atom. The summed E-state index contributed by atoms with van der Waals surface area (Å²) in [5.41, 5.74) is 1.29. The maximum atomic E-state index is 12.6. The molecule has 1 aromatic rings. The quantitative estimate of drug-likeness (QED) is 0.303. The first-order valence-electron chi connectivity index (χ1n) is 12.2. The molecule has 1 heterocycles. The number of nitrogens with one attached hydrogen (secondary N) is 2. The Balaban J connectivity index is 0.00000289. The Kier molecular flexibility index (Phi) is 9.93. The molecular formula is C25H39IN4O2. The Morgan fingerprint density at radius 3 is 2.44 bits per heavy atom. The van der Waals surface area contributed by atoms with Crippen LogP contribution in [0.3, 0.4) is 0 Å². The number of guanidine groups is 1. The average molecular weight is 555 g/mol. The summed E-state index contributed by atoms with van der Waals surface area (Å²) in [5.74, 6) is 2.44. The van der Waals surface area contributed by atoms with Crippen LogP contribution >= 0.6 is 24.0 Å². The number of nitrogens with zero attached hydrogens (tertiary/aromatic N) is 2. The van der Waals surface area contributed by atoms with E-state index in [2.05, 4.69) is 44.8 Å². The van der Waals surface area contributed by atoms with Gasteiger partial charge in [0.2, 0.25) is 5.91 Å². The Hall–Kier alpha value is -1.51. The van der Waals surface area contributed by atoms with Crippen molar-refractivity contribution in [3.63, 3.8) is 0 Å². The SMILES string of the molecule is CN=C(NCCc1ccc(OC2CCCC2)cc1)NC1CCN(C(=O)C2CCCC2)C1.I. The number of halogens is 1.